The van der Waals surface area contributed by atoms with Crippen molar-refractivity contribution in [2.75, 3.05) is 11.5 Å². The topological polar surface area (TPSA) is 98.2 Å². The molecule has 17 heavy (non-hydrogen) atoms. The van der Waals surface area contributed by atoms with Crippen molar-refractivity contribution in [3.63, 3.8) is 0 Å². The second-order valence-electron chi connectivity index (χ2n) is 3.48. The van der Waals surface area contributed by atoms with Crippen molar-refractivity contribution in [3.8, 4) is 0 Å². The Labute approximate surface area is 104 Å². The van der Waals surface area contributed by atoms with E-state index in [0.29, 0.717) is 5.75 Å². The molecule has 1 aromatic rings. The molecular formula is C11H15N3O2S. The minimum absolute atomic E-state index is 0.238. The lowest BCUT2D eigenvalue weighted by molar-refractivity contribution is -0.119. The summed E-state index contributed by atoms with van der Waals surface area (Å²) < 4.78 is 0. The molecule has 0 bridgehead atoms. The first kappa shape index (κ1) is 13.4. The summed E-state index contributed by atoms with van der Waals surface area (Å²) in [5.74, 6) is 0.204. The lowest BCUT2D eigenvalue weighted by Crippen LogP contribution is -2.35. The number of nitrogens with two attached hydrogens (primary N) is 2. The van der Waals surface area contributed by atoms with Gasteiger partial charge in [-0.1, -0.05) is 6.07 Å². The number of carbonyl (C=O) groups is 2. The van der Waals surface area contributed by atoms with Gasteiger partial charge in [-0.3, -0.25) is 10.1 Å². The van der Waals surface area contributed by atoms with E-state index in [-0.39, 0.29) is 12.3 Å². The van der Waals surface area contributed by atoms with Crippen LogP contribution in [0.5, 0.6) is 0 Å². The van der Waals surface area contributed by atoms with E-state index in [0.717, 1.165) is 16.1 Å². The smallest absolute Gasteiger partial charge is 0.318 e. The molecule has 5 nitrogen and oxygen atoms in total. The maximum atomic E-state index is 11.1. The first-order chi connectivity index (χ1) is 8.00. The molecule has 0 aliphatic heterocycles. The van der Waals surface area contributed by atoms with E-state index in [1.54, 1.807) is 0 Å². The number of primary amides is 1. The van der Waals surface area contributed by atoms with Crippen LogP contribution in [0.4, 0.5) is 10.5 Å². The molecule has 3 amide bonds. The molecule has 0 radical (unpaired) electrons. The van der Waals surface area contributed by atoms with Gasteiger partial charge in [0.2, 0.25) is 5.91 Å². The predicted molar refractivity (Wildman–Crippen MR) is 68.7 cm³/mol. The van der Waals surface area contributed by atoms with Crippen molar-refractivity contribution >= 4 is 29.4 Å². The van der Waals surface area contributed by atoms with Crippen molar-refractivity contribution in [1.82, 2.24) is 5.32 Å². The molecule has 0 spiro atoms. The number of carbonyl (C=O) groups excluding carboxylic acids is 2. The standard InChI is InChI=1S/C11H15N3O2S/c1-7-8(12)3-2-4-9(7)17-6-5-10(15)14-11(13)16/h2-4H,5-6,12H2,1H3,(H3,13,14,15,16). The number of hydrogen-bond donors (Lipinski definition) is 3. The average molecular weight is 253 g/mol. The van der Waals surface area contributed by atoms with Crippen LogP contribution in [0.3, 0.4) is 0 Å². The molecule has 1 rings (SSSR count). The first-order valence-corrected chi connectivity index (χ1v) is 6.06. The maximum absolute atomic E-state index is 11.1. The highest BCUT2D eigenvalue weighted by molar-refractivity contribution is 7.99. The number of benzene rings is 1. The van der Waals surface area contributed by atoms with Gasteiger partial charge in [0.1, 0.15) is 0 Å². The van der Waals surface area contributed by atoms with Gasteiger partial charge < -0.3 is 11.5 Å². The van der Waals surface area contributed by atoms with Crippen LogP contribution in [0.2, 0.25) is 0 Å². The van der Waals surface area contributed by atoms with E-state index in [1.807, 2.05) is 30.4 Å². The molecule has 0 heterocycles. The normalized spacial score (nSPS) is 9.94. The van der Waals surface area contributed by atoms with E-state index < -0.39 is 6.03 Å². The third-order valence-electron chi connectivity index (χ3n) is 2.18. The molecule has 0 aliphatic carbocycles. The summed E-state index contributed by atoms with van der Waals surface area (Å²) in [6.45, 7) is 1.93. The van der Waals surface area contributed by atoms with Crippen molar-refractivity contribution in [2.45, 2.75) is 18.2 Å². The zero-order valence-electron chi connectivity index (χ0n) is 9.53. The largest absolute Gasteiger partial charge is 0.398 e. The quantitative estimate of drug-likeness (QED) is 0.555. The van der Waals surface area contributed by atoms with Gasteiger partial charge in [0, 0.05) is 22.8 Å². The molecule has 0 fully saturated rings. The van der Waals surface area contributed by atoms with Crippen molar-refractivity contribution < 1.29 is 9.59 Å². The van der Waals surface area contributed by atoms with Crippen molar-refractivity contribution in [2.24, 2.45) is 5.73 Å². The summed E-state index contributed by atoms with van der Waals surface area (Å²) in [6, 6.07) is 4.83. The van der Waals surface area contributed by atoms with Gasteiger partial charge in [0.25, 0.3) is 0 Å². The molecule has 0 aliphatic rings. The summed E-state index contributed by atoms with van der Waals surface area (Å²) in [5.41, 5.74) is 12.3. The van der Waals surface area contributed by atoms with Crippen molar-refractivity contribution in [1.29, 1.82) is 0 Å². The third-order valence-corrected chi connectivity index (χ3v) is 3.34. The average Bonchev–Trinajstić information content (AvgIpc) is 2.23. The number of rotatable bonds is 4. The van der Waals surface area contributed by atoms with Crippen LogP contribution in [0, 0.1) is 6.92 Å². The van der Waals surface area contributed by atoms with Crippen LogP contribution in [0.15, 0.2) is 23.1 Å². The molecular weight excluding hydrogens is 238 g/mol. The lowest BCUT2D eigenvalue weighted by atomic mass is 10.2. The highest BCUT2D eigenvalue weighted by atomic mass is 32.2. The van der Waals surface area contributed by atoms with E-state index in [9.17, 15) is 9.59 Å². The van der Waals surface area contributed by atoms with Gasteiger partial charge in [-0.15, -0.1) is 11.8 Å². The Kier molecular flexibility index (Phi) is 4.84. The Balaban J connectivity index is 2.43. The molecule has 0 saturated heterocycles. The highest BCUT2D eigenvalue weighted by Crippen LogP contribution is 2.26. The number of urea groups is 1. The van der Waals surface area contributed by atoms with Crippen LogP contribution in [0.25, 0.3) is 0 Å². The van der Waals surface area contributed by atoms with Crippen LogP contribution in [-0.2, 0) is 4.79 Å². The van der Waals surface area contributed by atoms with Gasteiger partial charge in [-0.25, -0.2) is 4.79 Å². The minimum atomic E-state index is -0.819. The number of hydrogen-bond acceptors (Lipinski definition) is 4. The lowest BCUT2D eigenvalue weighted by Gasteiger charge is -2.07. The van der Waals surface area contributed by atoms with Crippen LogP contribution >= 0.6 is 11.8 Å². The summed E-state index contributed by atoms with van der Waals surface area (Å²) in [6.07, 6.45) is 0.238. The number of imide groups is 1. The number of nitrogen functional groups attached to an aromatic ring is 1. The fourth-order valence-corrected chi connectivity index (χ4v) is 2.26. The Morgan fingerprint density at radius 2 is 2.12 bits per heavy atom. The molecule has 0 saturated carbocycles. The zero-order valence-corrected chi connectivity index (χ0v) is 10.3. The van der Waals surface area contributed by atoms with Crippen molar-refractivity contribution in [3.05, 3.63) is 23.8 Å². The molecule has 0 unspecified atom stereocenters. The van der Waals surface area contributed by atoms with Gasteiger partial charge in [-0.05, 0) is 24.6 Å². The second-order valence-corrected chi connectivity index (χ2v) is 4.62. The van der Waals surface area contributed by atoms with Gasteiger partial charge in [0.05, 0.1) is 0 Å². The van der Waals surface area contributed by atoms with E-state index >= 15 is 0 Å². The fraction of sp³-hybridized carbons (Fsp3) is 0.273. The first-order valence-electron chi connectivity index (χ1n) is 5.08. The van der Waals surface area contributed by atoms with Crippen LogP contribution in [0.1, 0.15) is 12.0 Å². The minimum Gasteiger partial charge on any atom is -0.398 e. The number of amides is 3. The van der Waals surface area contributed by atoms with Crippen LogP contribution < -0.4 is 16.8 Å². The molecule has 5 N–H and O–H groups in total. The Morgan fingerprint density at radius 1 is 1.41 bits per heavy atom. The highest BCUT2D eigenvalue weighted by Gasteiger charge is 2.06. The third kappa shape index (κ3) is 4.36. The molecule has 0 atom stereocenters. The zero-order chi connectivity index (χ0) is 12.8. The molecule has 6 heteroatoms. The maximum Gasteiger partial charge on any atom is 0.318 e. The molecule has 92 valence electrons. The summed E-state index contributed by atoms with van der Waals surface area (Å²) in [5, 5.41) is 2.02. The summed E-state index contributed by atoms with van der Waals surface area (Å²) in [4.78, 5) is 22.6. The van der Waals surface area contributed by atoms with Gasteiger partial charge >= 0.3 is 6.03 Å². The Morgan fingerprint density at radius 3 is 2.76 bits per heavy atom. The molecule has 1 aromatic carbocycles. The SMILES string of the molecule is Cc1c(N)cccc1SCCC(=O)NC(N)=O. The fourth-order valence-electron chi connectivity index (χ4n) is 1.24. The Bertz CT molecular complexity index is 435. The van der Waals surface area contributed by atoms with E-state index in [1.165, 1.54) is 11.8 Å². The molecule has 0 aromatic heterocycles. The number of nitrogens with one attached hydrogen (secondary N) is 1. The Hall–Kier alpha value is -1.69. The van der Waals surface area contributed by atoms with Crippen LogP contribution in [-0.4, -0.2) is 17.7 Å². The second kappa shape index (κ2) is 6.15. The summed E-state index contributed by atoms with van der Waals surface area (Å²) >= 11 is 1.52. The van der Waals surface area contributed by atoms with E-state index in [4.69, 9.17) is 11.5 Å². The van der Waals surface area contributed by atoms with Gasteiger partial charge in [-0.2, -0.15) is 0 Å². The van der Waals surface area contributed by atoms with E-state index in [2.05, 4.69) is 0 Å². The monoisotopic (exact) mass is 253 g/mol. The number of thioether (sulfide) groups is 1. The van der Waals surface area contributed by atoms with Gasteiger partial charge in [0.15, 0.2) is 0 Å². The predicted octanol–water partition coefficient (Wildman–Crippen LogP) is 1.25. The number of anilines is 1. The summed E-state index contributed by atoms with van der Waals surface area (Å²) in [7, 11) is 0.